The standard InChI is InChI=1S/C9H8BrN3S/c1-5-4-6(2-3-7(5)10)8-12-9(11)14-13-8/h2-4H,1H3,(H2,11,12,13). The van der Waals surface area contributed by atoms with E-state index in [2.05, 4.69) is 25.3 Å². The predicted octanol–water partition coefficient (Wildman–Crippen LogP) is 2.86. The van der Waals surface area contributed by atoms with Crippen molar-refractivity contribution in [3.63, 3.8) is 0 Å². The molecule has 2 aromatic rings. The SMILES string of the molecule is Cc1cc(-c2nsc(N)n2)ccc1Br. The largest absolute Gasteiger partial charge is 0.374 e. The summed E-state index contributed by atoms with van der Waals surface area (Å²) >= 11 is 4.66. The average Bonchev–Trinajstić information content (AvgIpc) is 2.57. The van der Waals surface area contributed by atoms with Crippen LogP contribution in [0, 0.1) is 6.92 Å². The number of halogens is 1. The monoisotopic (exact) mass is 269 g/mol. The van der Waals surface area contributed by atoms with Crippen LogP contribution in [-0.2, 0) is 0 Å². The summed E-state index contributed by atoms with van der Waals surface area (Å²) in [6.07, 6.45) is 0. The van der Waals surface area contributed by atoms with Gasteiger partial charge in [0.15, 0.2) is 11.0 Å². The summed E-state index contributed by atoms with van der Waals surface area (Å²) in [5, 5.41) is 0.501. The number of hydrogen-bond donors (Lipinski definition) is 1. The number of hydrogen-bond acceptors (Lipinski definition) is 4. The second kappa shape index (κ2) is 3.67. The number of aromatic nitrogens is 2. The summed E-state index contributed by atoms with van der Waals surface area (Å²) in [5.41, 5.74) is 7.68. The van der Waals surface area contributed by atoms with Gasteiger partial charge in [-0.25, -0.2) is 0 Å². The molecule has 3 nitrogen and oxygen atoms in total. The number of anilines is 1. The molecule has 0 amide bonds. The molecule has 0 spiro atoms. The third-order valence-electron chi connectivity index (χ3n) is 1.86. The molecule has 1 aromatic carbocycles. The normalized spacial score (nSPS) is 10.4. The average molecular weight is 270 g/mol. The van der Waals surface area contributed by atoms with Crippen LogP contribution in [0.5, 0.6) is 0 Å². The Morgan fingerprint density at radius 1 is 1.43 bits per heavy atom. The van der Waals surface area contributed by atoms with Crippen LogP contribution >= 0.6 is 27.5 Å². The summed E-state index contributed by atoms with van der Waals surface area (Å²) < 4.78 is 5.23. The minimum atomic E-state index is 0.501. The molecule has 0 atom stereocenters. The summed E-state index contributed by atoms with van der Waals surface area (Å²) in [7, 11) is 0. The summed E-state index contributed by atoms with van der Waals surface area (Å²) in [6.45, 7) is 2.03. The van der Waals surface area contributed by atoms with Gasteiger partial charge >= 0.3 is 0 Å². The van der Waals surface area contributed by atoms with Crippen molar-refractivity contribution < 1.29 is 0 Å². The second-order valence-corrected chi connectivity index (χ2v) is 4.56. The molecule has 1 heterocycles. The smallest absolute Gasteiger partial charge is 0.200 e. The van der Waals surface area contributed by atoms with Crippen LogP contribution in [0.25, 0.3) is 11.4 Å². The molecule has 0 saturated heterocycles. The molecule has 0 aliphatic heterocycles. The van der Waals surface area contributed by atoms with Crippen LogP contribution in [-0.4, -0.2) is 9.36 Å². The number of aryl methyl sites for hydroxylation is 1. The Balaban J connectivity index is 2.47. The molecule has 0 aliphatic carbocycles. The van der Waals surface area contributed by atoms with Gasteiger partial charge in [-0.2, -0.15) is 9.36 Å². The van der Waals surface area contributed by atoms with Crippen LogP contribution in [0.2, 0.25) is 0 Å². The number of nitrogens with zero attached hydrogens (tertiary/aromatic N) is 2. The first-order chi connectivity index (χ1) is 6.66. The van der Waals surface area contributed by atoms with Gasteiger partial charge in [0.2, 0.25) is 0 Å². The van der Waals surface area contributed by atoms with Gasteiger partial charge in [0.1, 0.15) is 0 Å². The fourth-order valence-corrected chi connectivity index (χ4v) is 1.84. The Hall–Kier alpha value is -0.940. The minimum Gasteiger partial charge on any atom is -0.374 e. The highest BCUT2D eigenvalue weighted by atomic mass is 79.9. The van der Waals surface area contributed by atoms with Crippen molar-refractivity contribution >= 4 is 32.6 Å². The third kappa shape index (κ3) is 1.78. The Kier molecular flexibility index (Phi) is 2.52. The predicted molar refractivity (Wildman–Crippen MR) is 62.2 cm³/mol. The maximum Gasteiger partial charge on any atom is 0.200 e. The van der Waals surface area contributed by atoms with Crippen molar-refractivity contribution in [1.82, 2.24) is 9.36 Å². The molecule has 1 aromatic heterocycles. The van der Waals surface area contributed by atoms with Gasteiger partial charge in [0.25, 0.3) is 0 Å². The van der Waals surface area contributed by atoms with Gasteiger partial charge in [-0.1, -0.05) is 22.0 Å². The van der Waals surface area contributed by atoms with E-state index < -0.39 is 0 Å². The highest BCUT2D eigenvalue weighted by Gasteiger charge is 2.05. The van der Waals surface area contributed by atoms with E-state index in [1.54, 1.807) is 0 Å². The van der Waals surface area contributed by atoms with Crippen LogP contribution in [0.4, 0.5) is 5.13 Å². The van der Waals surface area contributed by atoms with E-state index in [-0.39, 0.29) is 0 Å². The number of benzene rings is 1. The lowest BCUT2D eigenvalue weighted by Gasteiger charge is -1.99. The first kappa shape index (κ1) is 9.61. The van der Waals surface area contributed by atoms with E-state index in [1.165, 1.54) is 11.5 Å². The van der Waals surface area contributed by atoms with Crippen molar-refractivity contribution in [2.24, 2.45) is 0 Å². The van der Waals surface area contributed by atoms with Crippen molar-refractivity contribution in [2.45, 2.75) is 6.92 Å². The van der Waals surface area contributed by atoms with Crippen LogP contribution in [0.1, 0.15) is 5.56 Å². The highest BCUT2D eigenvalue weighted by Crippen LogP contribution is 2.24. The minimum absolute atomic E-state index is 0.501. The molecule has 0 saturated carbocycles. The molecule has 5 heteroatoms. The van der Waals surface area contributed by atoms with E-state index in [4.69, 9.17) is 5.73 Å². The highest BCUT2D eigenvalue weighted by molar-refractivity contribution is 9.10. The Morgan fingerprint density at radius 3 is 2.79 bits per heavy atom. The maximum atomic E-state index is 5.52. The van der Waals surface area contributed by atoms with Gasteiger partial charge < -0.3 is 5.73 Å². The van der Waals surface area contributed by atoms with Crippen LogP contribution < -0.4 is 5.73 Å². The summed E-state index contributed by atoms with van der Waals surface area (Å²) in [5.74, 6) is 0.697. The zero-order chi connectivity index (χ0) is 10.1. The molecule has 2 N–H and O–H groups in total. The van der Waals surface area contributed by atoms with Crippen molar-refractivity contribution in [2.75, 3.05) is 5.73 Å². The van der Waals surface area contributed by atoms with E-state index >= 15 is 0 Å². The maximum absolute atomic E-state index is 5.52. The lowest BCUT2D eigenvalue weighted by Crippen LogP contribution is -1.85. The molecule has 0 unspecified atom stereocenters. The third-order valence-corrected chi connectivity index (χ3v) is 3.29. The van der Waals surface area contributed by atoms with E-state index in [0.29, 0.717) is 11.0 Å². The van der Waals surface area contributed by atoms with Crippen molar-refractivity contribution in [3.8, 4) is 11.4 Å². The molecular formula is C9H8BrN3S. The Bertz CT molecular complexity index is 467. The first-order valence-electron chi connectivity index (χ1n) is 4.02. The Labute approximate surface area is 94.3 Å². The van der Waals surface area contributed by atoms with E-state index in [0.717, 1.165) is 15.6 Å². The summed E-state index contributed by atoms with van der Waals surface area (Å²) in [6, 6.07) is 5.99. The first-order valence-corrected chi connectivity index (χ1v) is 5.59. The van der Waals surface area contributed by atoms with E-state index in [9.17, 15) is 0 Å². The molecule has 2 rings (SSSR count). The molecule has 0 aliphatic rings. The lowest BCUT2D eigenvalue weighted by atomic mass is 10.1. The number of nitrogen functional groups attached to an aromatic ring is 1. The van der Waals surface area contributed by atoms with Gasteiger partial charge in [0.05, 0.1) is 0 Å². The molecule has 0 radical (unpaired) electrons. The van der Waals surface area contributed by atoms with Gasteiger partial charge in [0, 0.05) is 21.6 Å². The Morgan fingerprint density at radius 2 is 2.21 bits per heavy atom. The second-order valence-electron chi connectivity index (χ2n) is 2.92. The fraction of sp³-hybridized carbons (Fsp3) is 0.111. The lowest BCUT2D eigenvalue weighted by molar-refractivity contribution is 1.31. The van der Waals surface area contributed by atoms with Gasteiger partial charge in [-0.05, 0) is 24.6 Å². The number of rotatable bonds is 1. The fourth-order valence-electron chi connectivity index (χ4n) is 1.14. The molecule has 72 valence electrons. The van der Waals surface area contributed by atoms with Gasteiger partial charge in [-0.3, -0.25) is 0 Å². The zero-order valence-electron chi connectivity index (χ0n) is 7.49. The van der Waals surface area contributed by atoms with Crippen LogP contribution in [0.3, 0.4) is 0 Å². The quantitative estimate of drug-likeness (QED) is 0.866. The molecule has 0 fully saturated rings. The van der Waals surface area contributed by atoms with Crippen molar-refractivity contribution in [1.29, 1.82) is 0 Å². The molecular weight excluding hydrogens is 262 g/mol. The zero-order valence-corrected chi connectivity index (χ0v) is 9.89. The summed E-state index contributed by atoms with van der Waals surface area (Å²) in [4.78, 5) is 4.12. The molecule has 14 heavy (non-hydrogen) atoms. The van der Waals surface area contributed by atoms with Crippen molar-refractivity contribution in [3.05, 3.63) is 28.2 Å². The topological polar surface area (TPSA) is 51.8 Å². The molecule has 0 bridgehead atoms. The number of nitrogens with two attached hydrogens (primary N) is 1. The van der Waals surface area contributed by atoms with Gasteiger partial charge in [-0.15, -0.1) is 0 Å². The van der Waals surface area contributed by atoms with E-state index in [1.807, 2.05) is 25.1 Å². The van der Waals surface area contributed by atoms with Crippen LogP contribution in [0.15, 0.2) is 22.7 Å².